The molecule has 0 saturated heterocycles. The summed E-state index contributed by atoms with van der Waals surface area (Å²) in [6, 6.07) is 8.22. The van der Waals surface area contributed by atoms with Gasteiger partial charge >= 0.3 is 0 Å². The third-order valence-electron chi connectivity index (χ3n) is 3.33. The number of rotatable bonds is 5. The molecule has 0 saturated carbocycles. The van der Waals surface area contributed by atoms with E-state index < -0.39 is 5.60 Å². The van der Waals surface area contributed by atoms with Crippen molar-refractivity contribution in [2.45, 2.75) is 32.4 Å². The lowest BCUT2D eigenvalue weighted by atomic mass is 10.0. The molecular weight excluding hydrogens is 224 g/mol. The first-order valence-corrected chi connectivity index (χ1v) is 6.37. The second kappa shape index (κ2) is 5.46. The van der Waals surface area contributed by atoms with Crippen molar-refractivity contribution in [2.75, 3.05) is 6.54 Å². The highest BCUT2D eigenvalue weighted by atomic mass is 16.3. The van der Waals surface area contributed by atoms with Crippen LogP contribution in [0.2, 0.25) is 0 Å². The highest BCUT2D eigenvalue weighted by Crippen LogP contribution is 2.17. The van der Waals surface area contributed by atoms with E-state index in [1.807, 2.05) is 38.4 Å². The van der Waals surface area contributed by atoms with Gasteiger partial charge in [-0.1, -0.05) is 31.2 Å². The van der Waals surface area contributed by atoms with Crippen LogP contribution in [0.3, 0.4) is 0 Å². The summed E-state index contributed by atoms with van der Waals surface area (Å²) in [5.41, 5.74) is 0.526. The van der Waals surface area contributed by atoms with Gasteiger partial charge in [-0.15, -0.1) is 0 Å². The second-order valence-electron chi connectivity index (χ2n) is 4.97. The number of hydrogen-bond acceptors (Lipinski definition) is 3. The zero-order valence-electron chi connectivity index (χ0n) is 11.0. The fourth-order valence-electron chi connectivity index (χ4n) is 1.91. The largest absolute Gasteiger partial charge is 0.389 e. The quantitative estimate of drug-likeness (QED) is 0.849. The maximum Gasteiger partial charge on any atom is 0.0741 e. The van der Waals surface area contributed by atoms with Gasteiger partial charge in [0.1, 0.15) is 0 Å². The summed E-state index contributed by atoms with van der Waals surface area (Å²) in [6.45, 7) is 5.15. The monoisotopic (exact) mass is 244 g/mol. The van der Waals surface area contributed by atoms with Crippen LogP contribution in [0.5, 0.6) is 0 Å². The van der Waals surface area contributed by atoms with Gasteiger partial charge in [-0.05, 0) is 24.3 Å². The molecule has 0 aliphatic carbocycles. The lowest BCUT2D eigenvalue weighted by molar-refractivity contribution is 0.0556. The van der Waals surface area contributed by atoms with Crippen molar-refractivity contribution in [3.63, 3.8) is 0 Å². The molecule has 3 nitrogen and oxygen atoms in total. The van der Waals surface area contributed by atoms with Gasteiger partial charge in [0, 0.05) is 30.9 Å². The van der Waals surface area contributed by atoms with Crippen molar-refractivity contribution in [2.24, 2.45) is 0 Å². The van der Waals surface area contributed by atoms with E-state index in [4.69, 9.17) is 0 Å². The van der Waals surface area contributed by atoms with E-state index in [1.165, 1.54) is 10.9 Å². The summed E-state index contributed by atoms with van der Waals surface area (Å²) in [4.78, 5) is 4.25. The van der Waals surface area contributed by atoms with Crippen molar-refractivity contribution in [3.8, 4) is 0 Å². The highest BCUT2D eigenvalue weighted by molar-refractivity contribution is 5.84. The fourth-order valence-corrected chi connectivity index (χ4v) is 1.91. The summed E-state index contributed by atoms with van der Waals surface area (Å²) in [5.74, 6) is 0. The number of fused-ring (bicyclic) bond motifs is 1. The van der Waals surface area contributed by atoms with Crippen LogP contribution in [0.4, 0.5) is 0 Å². The van der Waals surface area contributed by atoms with Crippen LogP contribution in [0, 0.1) is 0 Å². The molecule has 96 valence electrons. The predicted molar refractivity (Wildman–Crippen MR) is 74.4 cm³/mol. The Morgan fingerprint density at radius 1 is 1.28 bits per heavy atom. The van der Waals surface area contributed by atoms with E-state index in [0.717, 1.165) is 18.4 Å². The summed E-state index contributed by atoms with van der Waals surface area (Å²) in [6.07, 6.45) is 4.50. The average molecular weight is 244 g/mol. The van der Waals surface area contributed by atoms with Gasteiger partial charge in [0.05, 0.1) is 5.60 Å². The molecule has 1 heterocycles. The molecule has 0 bridgehead atoms. The first-order chi connectivity index (χ1) is 8.62. The van der Waals surface area contributed by atoms with E-state index >= 15 is 0 Å². The van der Waals surface area contributed by atoms with E-state index in [-0.39, 0.29) is 0 Å². The smallest absolute Gasteiger partial charge is 0.0741 e. The van der Waals surface area contributed by atoms with Crippen LogP contribution < -0.4 is 5.32 Å². The maximum atomic E-state index is 9.94. The average Bonchev–Trinajstić information content (AvgIpc) is 2.39. The fraction of sp³-hybridized carbons (Fsp3) is 0.400. The van der Waals surface area contributed by atoms with Crippen molar-refractivity contribution < 1.29 is 5.11 Å². The molecule has 0 aliphatic heterocycles. The first kappa shape index (κ1) is 13.0. The van der Waals surface area contributed by atoms with Crippen molar-refractivity contribution >= 4 is 10.8 Å². The van der Waals surface area contributed by atoms with Gasteiger partial charge in [0.25, 0.3) is 0 Å². The zero-order chi connectivity index (χ0) is 13.0. The summed E-state index contributed by atoms with van der Waals surface area (Å²) >= 11 is 0. The zero-order valence-corrected chi connectivity index (χ0v) is 11.0. The van der Waals surface area contributed by atoms with E-state index in [9.17, 15) is 5.11 Å². The number of benzene rings is 1. The Morgan fingerprint density at radius 2 is 2.06 bits per heavy atom. The van der Waals surface area contributed by atoms with Gasteiger partial charge in [-0.25, -0.2) is 0 Å². The Morgan fingerprint density at radius 3 is 2.83 bits per heavy atom. The Labute approximate surface area is 108 Å². The third kappa shape index (κ3) is 3.06. The van der Waals surface area contributed by atoms with E-state index in [0.29, 0.717) is 6.54 Å². The maximum absolute atomic E-state index is 9.94. The molecule has 1 atom stereocenters. The normalized spacial score (nSPS) is 14.6. The molecule has 18 heavy (non-hydrogen) atoms. The van der Waals surface area contributed by atoms with Gasteiger partial charge in [0.2, 0.25) is 0 Å². The number of nitrogens with zero attached hydrogens (tertiary/aromatic N) is 1. The number of nitrogens with one attached hydrogen (secondary N) is 1. The minimum atomic E-state index is -0.641. The van der Waals surface area contributed by atoms with Crippen molar-refractivity contribution in [3.05, 3.63) is 42.2 Å². The minimum Gasteiger partial charge on any atom is -0.389 e. The second-order valence-corrected chi connectivity index (χ2v) is 4.97. The summed E-state index contributed by atoms with van der Waals surface area (Å²) in [5, 5.41) is 15.6. The van der Waals surface area contributed by atoms with Gasteiger partial charge < -0.3 is 10.4 Å². The van der Waals surface area contributed by atoms with Crippen LogP contribution in [0.15, 0.2) is 36.7 Å². The Kier molecular flexibility index (Phi) is 3.94. The molecule has 0 aliphatic rings. The molecule has 1 aromatic carbocycles. The van der Waals surface area contributed by atoms with Crippen LogP contribution in [-0.2, 0) is 6.54 Å². The predicted octanol–water partition coefficient (Wildman–Crippen LogP) is 2.49. The number of aliphatic hydroxyl groups is 1. The molecule has 1 aromatic heterocycles. The Balaban J connectivity index is 2.08. The van der Waals surface area contributed by atoms with Crippen LogP contribution in [0.1, 0.15) is 25.8 Å². The van der Waals surface area contributed by atoms with Gasteiger partial charge in [-0.2, -0.15) is 0 Å². The Hall–Kier alpha value is -1.45. The lowest BCUT2D eigenvalue weighted by Gasteiger charge is -2.21. The molecule has 2 aromatic rings. The number of hydrogen-bond donors (Lipinski definition) is 2. The molecule has 2 N–H and O–H groups in total. The topological polar surface area (TPSA) is 45.1 Å². The first-order valence-electron chi connectivity index (χ1n) is 6.37. The molecule has 0 radical (unpaired) electrons. The Bertz CT molecular complexity index is 517. The molecule has 2 rings (SSSR count). The van der Waals surface area contributed by atoms with Crippen molar-refractivity contribution in [1.82, 2.24) is 10.3 Å². The molecule has 0 amide bonds. The highest BCUT2D eigenvalue weighted by Gasteiger charge is 2.16. The lowest BCUT2D eigenvalue weighted by Crippen LogP contribution is -2.36. The van der Waals surface area contributed by atoms with Crippen LogP contribution in [-0.4, -0.2) is 22.2 Å². The summed E-state index contributed by atoms with van der Waals surface area (Å²) < 4.78 is 0. The molecule has 1 unspecified atom stereocenters. The SMILES string of the molecule is CCC(C)(O)CNCc1cncc2ccccc12. The molecule has 0 fully saturated rings. The van der Waals surface area contributed by atoms with E-state index in [1.54, 1.807) is 0 Å². The van der Waals surface area contributed by atoms with Gasteiger partial charge in [0.15, 0.2) is 0 Å². The van der Waals surface area contributed by atoms with Crippen LogP contribution in [0.25, 0.3) is 10.8 Å². The number of pyridine rings is 1. The van der Waals surface area contributed by atoms with E-state index in [2.05, 4.69) is 22.4 Å². The molecule has 3 heteroatoms. The van der Waals surface area contributed by atoms with Crippen LogP contribution >= 0.6 is 0 Å². The number of aromatic nitrogens is 1. The molecule has 0 spiro atoms. The third-order valence-corrected chi connectivity index (χ3v) is 3.33. The minimum absolute atomic E-state index is 0.590. The molecular formula is C15H20N2O. The summed E-state index contributed by atoms with van der Waals surface area (Å²) in [7, 11) is 0. The van der Waals surface area contributed by atoms with Crippen molar-refractivity contribution in [1.29, 1.82) is 0 Å². The standard InChI is InChI=1S/C15H20N2O/c1-3-15(2,18)11-17-10-13-9-16-8-12-6-4-5-7-14(12)13/h4-9,17-18H,3,10-11H2,1-2H3. The van der Waals surface area contributed by atoms with Gasteiger partial charge in [-0.3, -0.25) is 4.98 Å².